The number of nitrogens with zero attached hydrogens (tertiary/aromatic N) is 1. The zero-order valence-electron chi connectivity index (χ0n) is 16.6. The topological polar surface area (TPSA) is 60.0 Å². The Morgan fingerprint density at radius 2 is 2.00 bits per heavy atom. The van der Waals surface area contributed by atoms with Gasteiger partial charge in [0, 0.05) is 24.9 Å². The van der Waals surface area contributed by atoms with E-state index in [0.717, 1.165) is 5.56 Å². The molecule has 1 N–H and O–H groups in total. The summed E-state index contributed by atoms with van der Waals surface area (Å²) in [5.74, 6) is 0.518. The van der Waals surface area contributed by atoms with Gasteiger partial charge in [0.2, 0.25) is 5.91 Å². The van der Waals surface area contributed by atoms with Gasteiger partial charge < -0.3 is 24.4 Å². The average Bonchev–Trinajstić information content (AvgIpc) is 2.74. The quantitative estimate of drug-likeness (QED) is 0.718. The largest absolute Gasteiger partial charge is 0.493 e. The third-order valence-electron chi connectivity index (χ3n) is 4.48. The smallest absolute Gasteiger partial charge is 0.248 e. The van der Waals surface area contributed by atoms with Gasteiger partial charge in [-0.3, -0.25) is 4.79 Å². The molecule has 1 saturated heterocycles. The van der Waals surface area contributed by atoms with Crippen LogP contribution >= 0.6 is 0 Å². The molecule has 1 aliphatic heterocycles. The van der Waals surface area contributed by atoms with Crippen molar-refractivity contribution in [2.24, 2.45) is 0 Å². The zero-order valence-corrected chi connectivity index (χ0v) is 16.6. The molecule has 0 aromatic heterocycles. The van der Waals surface area contributed by atoms with Crippen LogP contribution in [0.15, 0.2) is 42.5 Å². The number of methoxy groups -OCH3 is 1. The van der Waals surface area contributed by atoms with E-state index in [1.54, 1.807) is 37.5 Å². The molecule has 0 radical (unpaired) electrons. The van der Waals surface area contributed by atoms with Crippen LogP contribution in [0, 0.1) is 5.82 Å². The summed E-state index contributed by atoms with van der Waals surface area (Å²) >= 11 is 0. The first-order chi connectivity index (χ1) is 14.1. The first-order valence-electron chi connectivity index (χ1n) is 9.53. The van der Waals surface area contributed by atoms with Gasteiger partial charge in [0.25, 0.3) is 0 Å². The van der Waals surface area contributed by atoms with Crippen molar-refractivity contribution in [3.8, 4) is 11.5 Å². The lowest BCUT2D eigenvalue weighted by molar-refractivity contribution is -0.111. The molecule has 2 aromatic rings. The molecule has 1 heterocycles. The fourth-order valence-corrected chi connectivity index (χ4v) is 3.06. The Morgan fingerprint density at radius 1 is 1.21 bits per heavy atom. The number of ether oxygens (including phenoxy) is 3. The number of hydrogen-bond donors (Lipinski definition) is 1. The predicted octanol–water partition coefficient (Wildman–Crippen LogP) is 3.72. The number of carbonyl (C=O) groups excluding carboxylic acids is 1. The van der Waals surface area contributed by atoms with Crippen LogP contribution in [-0.2, 0) is 9.53 Å². The van der Waals surface area contributed by atoms with Crippen LogP contribution in [0.5, 0.6) is 11.5 Å². The van der Waals surface area contributed by atoms with Crippen LogP contribution in [0.4, 0.5) is 15.8 Å². The molecule has 1 fully saturated rings. The van der Waals surface area contributed by atoms with Crippen LogP contribution in [0.2, 0.25) is 0 Å². The van der Waals surface area contributed by atoms with Crippen LogP contribution < -0.4 is 19.7 Å². The van der Waals surface area contributed by atoms with Crippen molar-refractivity contribution >= 4 is 23.4 Å². The molecule has 29 heavy (non-hydrogen) atoms. The minimum absolute atomic E-state index is 0.351. The Kier molecular flexibility index (Phi) is 7.08. The number of hydrogen-bond acceptors (Lipinski definition) is 5. The summed E-state index contributed by atoms with van der Waals surface area (Å²) in [6.45, 7) is 4.90. The fourth-order valence-electron chi connectivity index (χ4n) is 3.06. The second-order valence-corrected chi connectivity index (χ2v) is 6.43. The molecular formula is C22H25FN2O4. The molecule has 0 spiro atoms. The maximum Gasteiger partial charge on any atom is 0.248 e. The lowest BCUT2D eigenvalue weighted by Crippen LogP contribution is -2.36. The highest BCUT2D eigenvalue weighted by molar-refractivity contribution is 6.02. The van der Waals surface area contributed by atoms with E-state index >= 15 is 0 Å². The molecule has 0 saturated carbocycles. The van der Waals surface area contributed by atoms with Gasteiger partial charge in [-0.2, -0.15) is 0 Å². The fraction of sp³-hybridized carbons (Fsp3) is 0.318. The first kappa shape index (κ1) is 20.7. The number of nitrogens with one attached hydrogen (secondary N) is 1. The number of carbonyl (C=O) groups is 1. The second-order valence-electron chi connectivity index (χ2n) is 6.43. The second kappa shape index (κ2) is 9.93. The van der Waals surface area contributed by atoms with E-state index in [0.29, 0.717) is 55.8 Å². The number of halogens is 1. The summed E-state index contributed by atoms with van der Waals surface area (Å²) in [7, 11) is 1.56. The SMILES string of the molecule is CCOc1ccc(/C=C/C(=O)Nc2ccc(N3CCOCC3)c(F)c2)cc1OC. The molecule has 1 amide bonds. The van der Waals surface area contributed by atoms with E-state index in [4.69, 9.17) is 14.2 Å². The summed E-state index contributed by atoms with van der Waals surface area (Å²) in [4.78, 5) is 14.1. The average molecular weight is 400 g/mol. The Hall–Kier alpha value is -3.06. The van der Waals surface area contributed by atoms with E-state index in [9.17, 15) is 9.18 Å². The number of morpholine rings is 1. The maximum atomic E-state index is 14.4. The molecule has 2 aromatic carbocycles. The molecule has 6 nitrogen and oxygen atoms in total. The number of anilines is 2. The van der Waals surface area contributed by atoms with Crippen molar-refractivity contribution in [3.63, 3.8) is 0 Å². The maximum absolute atomic E-state index is 14.4. The van der Waals surface area contributed by atoms with Crippen molar-refractivity contribution in [1.29, 1.82) is 0 Å². The zero-order chi connectivity index (χ0) is 20.6. The summed E-state index contributed by atoms with van der Waals surface area (Å²) in [5, 5.41) is 2.68. The normalized spacial score (nSPS) is 14.1. The third kappa shape index (κ3) is 5.48. The number of rotatable bonds is 7. The number of benzene rings is 2. The monoisotopic (exact) mass is 400 g/mol. The molecule has 3 rings (SSSR count). The van der Waals surface area contributed by atoms with Gasteiger partial charge in [-0.25, -0.2) is 4.39 Å². The minimum Gasteiger partial charge on any atom is -0.493 e. The van der Waals surface area contributed by atoms with E-state index in [1.807, 2.05) is 17.9 Å². The van der Waals surface area contributed by atoms with Crippen LogP contribution in [0.1, 0.15) is 12.5 Å². The van der Waals surface area contributed by atoms with Crippen molar-refractivity contribution in [3.05, 3.63) is 53.9 Å². The summed E-state index contributed by atoms with van der Waals surface area (Å²) < 4.78 is 30.5. The molecule has 0 atom stereocenters. The Labute approximate surface area is 169 Å². The Balaban J connectivity index is 1.63. The molecule has 1 aliphatic rings. The molecule has 0 unspecified atom stereocenters. The Bertz CT molecular complexity index is 879. The van der Waals surface area contributed by atoms with Gasteiger partial charge in [0.1, 0.15) is 5.82 Å². The van der Waals surface area contributed by atoms with Gasteiger partial charge in [-0.1, -0.05) is 6.07 Å². The lowest BCUT2D eigenvalue weighted by Gasteiger charge is -2.29. The van der Waals surface area contributed by atoms with Gasteiger partial charge >= 0.3 is 0 Å². The highest BCUT2D eigenvalue weighted by Gasteiger charge is 2.15. The summed E-state index contributed by atoms with van der Waals surface area (Å²) in [6, 6.07) is 10.1. The van der Waals surface area contributed by atoms with Gasteiger partial charge in [0.05, 0.1) is 32.6 Å². The first-order valence-corrected chi connectivity index (χ1v) is 9.53. The predicted molar refractivity (Wildman–Crippen MR) is 111 cm³/mol. The van der Waals surface area contributed by atoms with Crippen LogP contribution in [-0.4, -0.2) is 45.9 Å². The number of amides is 1. The van der Waals surface area contributed by atoms with Gasteiger partial charge in [-0.15, -0.1) is 0 Å². The van der Waals surface area contributed by atoms with Crippen molar-refractivity contribution < 1.29 is 23.4 Å². The van der Waals surface area contributed by atoms with Crippen LogP contribution in [0.3, 0.4) is 0 Å². The standard InChI is InChI=1S/C22H25FN2O4/c1-3-29-20-8-4-16(14-21(20)27-2)5-9-22(26)24-17-6-7-19(18(23)15-17)25-10-12-28-13-11-25/h4-9,14-15H,3,10-13H2,1-2H3,(H,24,26)/b9-5+. The van der Waals surface area contributed by atoms with Crippen molar-refractivity contribution in [2.45, 2.75) is 6.92 Å². The summed E-state index contributed by atoms with van der Waals surface area (Å²) in [6.07, 6.45) is 3.05. The van der Waals surface area contributed by atoms with E-state index < -0.39 is 0 Å². The van der Waals surface area contributed by atoms with E-state index in [2.05, 4.69) is 5.32 Å². The molecular weight excluding hydrogens is 375 g/mol. The van der Waals surface area contributed by atoms with Crippen molar-refractivity contribution in [2.75, 3.05) is 50.2 Å². The van der Waals surface area contributed by atoms with E-state index in [-0.39, 0.29) is 11.7 Å². The Morgan fingerprint density at radius 3 is 2.69 bits per heavy atom. The highest BCUT2D eigenvalue weighted by Crippen LogP contribution is 2.28. The minimum atomic E-state index is -0.370. The molecule has 154 valence electrons. The highest BCUT2D eigenvalue weighted by atomic mass is 19.1. The van der Waals surface area contributed by atoms with Gasteiger partial charge in [-0.05, 0) is 48.9 Å². The molecule has 0 bridgehead atoms. The third-order valence-corrected chi connectivity index (χ3v) is 4.48. The summed E-state index contributed by atoms with van der Waals surface area (Å²) in [5.41, 5.74) is 1.70. The van der Waals surface area contributed by atoms with E-state index in [1.165, 1.54) is 12.1 Å². The van der Waals surface area contributed by atoms with Crippen molar-refractivity contribution in [1.82, 2.24) is 0 Å². The van der Waals surface area contributed by atoms with Gasteiger partial charge in [0.15, 0.2) is 11.5 Å². The lowest BCUT2D eigenvalue weighted by atomic mass is 10.2. The molecule has 7 heteroatoms. The molecule has 0 aliphatic carbocycles. The van der Waals surface area contributed by atoms with Crippen LogP contribution in [0.25, 0.3) is 6.08 Å².